The molecule has 0 radical (unpaired) electrons. The molecular weight excluding hydrogens is 270 g/mol. The summed E-state index contributed by atoms with van der Waals surface area (Å²) < 4.78 is 1.52. The zero-order chi connectivity index (χ0) is 14.8. The number of nitrogens with one attached hydrogen (secondary N) is 2. The molecule has 4 N–H and O–H groups in total. The van der Waals surface area contributed by atoms with Crippen LogP contribution >= 0.6 is 0 Å². The van der Waals surface area contributed by atoms with Gasteiger partial charge in [-0.1, -0.05) is 0 Å². The van der Waals surface area contributed by atoms with Gasteiger partial charge in [0.25, 0.3) is 0 Å². The molecular formula is C14H21N5O2. The Kier molecular flexibility index (Phi) is 3.92. The van der Waals surface area contributed by atoms with Gasteiger partial charge in [-0.05, 0) is 31.6 Å². The highest BCUT2D eigenvalue weighted by Crippen LogP contribution is 2.32. The van der Waals surface area contributed by atoms with E-state index in [4.69, 9.17) is 5.73 Å². The summed E-state index contributed by atoms with van der Waals surface area (Å²) in [7, 11) is 0. The van der Waals surface area contributed by atoms with Crippen LogP contribution in [0.5, 0.6) is 0 Å². The topological polar surface area (TPSA) is 102 Å². The molecule has 2 aliphatic carbocycles. The third kappa shape index (κ3) is 4.29. The fraction of sp³-hybridized carbons (Fsp3) is 0.643. The van der Waals surface area contributed by atoms with Gasteiger partial charge in [-0.15, -0.1) is 0 Å². The lowest BCUT2D eigenvalue weighted by Gasteiger charge is -2.09. The number of carbonyl (C=O) groups is 2. The van der Waals surface area contributed by atoms with Crippen molar-refractivity contribution in [2.75, 3.05) is 5.32 Å². The fourth-order valence-corrected chi connectivity index (χ4v) is 2.28. The summed E-state index contributed by atoms with van der Waals surface area (Å²) in [5.41, 5.74) is 6.52. The molecule has 0 bridgehead atoms. The smallest absolute Gasteiger partial charge is 0.241 e. The second-order valence-corrected chi connectivity index (χ2v) is 6.02. The first-order valence-electron chi connectivity index (χ1n) is 7.47. The molecule has 2 amide bonds. The second-order valence-electron chi connectivity index (χ2n) is 6.02. The third-order valence-corrected chi connectivity index (χ3v) is 3.81. The van der Waals surface area contributed by atoms with Gasteiger partial charge >= 0.3 is 0 Å². The quantitative estimate of drug-likeness (QED) is 0.669. The van der Waals surface area contributed by atoms with Crippen LogP contribution < -0.4 is 16.4 Å². The van der Waals surface area contributed by atoms with E-state index in [1.54, 1.807) is 12.4 Å². The molecule has 1 heterocycles. The molecule has 0 spiro atoms. The Morgan fingerprint density at radius 2 is 2.10 bits per heavy atom. The zero-order valence-corrected chi connectivity index (χ0v) is 11.9. The molecule has 1 atom stereocenters. The van der Waals surface area contributed by atoms with Crippen molar-refractivity contribution in [1.82, 2.24) is 15.1 Å². The first-order valence-corrected chi connectivity index (χ1v) is 7.47. The maximum atomic E-state index is 11.8. The predicted octanol–water partition coefficient (Wildman–Crippen LogP) is 0.228. The van der Waals surface area contributed by atoms with Crippen LogP contribution in [-0.4, -0.2) is 33.7 Å². The van der Waals surface area contributed by atoms with Crippen LogP contribution in [0.1, 0.15) is 32.1 Å². The minimum Gasteiger partial charge on any atom is -0.352 e. The van der Waals surface area contributed by atoms with Gasteiger partial charge in [-0.2, -0.15) is 5.10 Å². The van der Waals surface area contributed by atoms with Crippen molar-refractivity contribution in [2.24, 2.45) is 11.7 Å². The van der Waals surface area contributed by atoms with Gasteiger partial charge < -0.3 is 16.4 Å². The molecule has 2 saturated carbocycles. The number of nitrogens with zero attached hydrogens (tertiary/aromatic N) is 2. The number of nitrogens with two attached hydrogens (primary N) is 1. The Bertz CT molecular complexity index is 533. The minimum absolute atomic E-state index is 0.0470. The highest BCUT2D eigenvalue weighted by atomic mass is 16.2. The zero-order valence-electron chi connectivity index (χ0n) is 11.9. The Hall–Kier alpha value is -1.89. The van der Waals surface area contributed by atoms with Gasteiger partial charge in [0.2, 0.25) is 11.8 Å². The largest absolute Gasteiger partial charge is 0.352 e. The average molecular weight is 291 g/mol. The van der Waals surface area contributed by atoms with Crippen molar-refractivity contribution >= 4 is 17.5 Å². The maximum absolute atomic E-state index is 11.8. The summed E-state index contributed by atoms with van der Waals surface area (Å²) in [6, 6.07) is 0.292. The molecule has 1 unspecified atom stereocenters. The maximum Gasteiger partial charge on any atom is 0.241 e. The van der Waals surface area contributed by atoms with E-state index < -0.39 is 0 Å². The summed E-state index contributed by atoms with van der Waals surface area (Å²) in [6.45, 7) is 0.175. The Morgan fingerprint density at radius 1 is 1.33 bits per heavy atom. The van der Waals surface area contributed by atoms with Crippen LogP contribution in [0.4, 0.5) is 5.69 Å². The fourth-order valence-electron chi connectivity index (χ4n) is 2.28. The van der Waals surface area contributed by atoms with Crippen LogP contribution in [-0.2, 0) is 16.1 Å². The first-order chi connectivity index (χ1) is 10.1. The van der Waals surface area contributed by atoms with Crippen LogP contribution in [0, 0.1) is 5.92 Å². The SMILES string of the molecule is NC(CC(=O)Nc1cnn(CC(=O)NC2CC2)c1)C1CC1. The number of carbonyl (C=O) groups excluding carboxylic acids is 2. The van der Waals surface area contributed by atoms with E-state index in [1.165, 1.54) is 4.68 Å². The number of amides is 2. The van der Waals surface area contributed by atoms with E-state index in [0.29, 0.717) is 24.1 Å². The summed E-state index contributed by atoms with van der Waals surface area (Å²) in [5.74, 6) is 0.357. The van der Waals surface area contributed by atoms with Crippen molar-refractivity contribution in [2.45, 2.75) is 50.7 Å². The number of aromatic nitrogens is 2. The predicted molar refractivity (Wildman–Crippen MR) is 77.3 cm³/mol. The Balaban J connectivity index is 1.44. The Labute approximate surface area is 123 Å². The molecule has 1 aromatic rings. The number of hydrogen-bond donors (Lipinski definition) is 3. The molecule has 0 aliphatic heterocycles. The molecule has 114 valence electrons. The van der Waals surface area contributed by atoms with Gasteiger partial charge in [-0.25, -0.2) is 0 Å². The summed E-state index contributed by atoms with van der Waals surface area (Å²) in [4.78, 5) is 23.5. The van der Waals surface area contributed by atoms with Crippen molar-refractivity contribution in [1.29, 1.82) is 0 Å². The van der Waals surface area contributed by atoms with Gasteiger partial charge in [-0.3, -0.25) is 14.3 Å². The van der Waals surface area contributed by atoms with E-state index in [-0.39, 0.29) is 24.4 Å². The summed E-state index contributed by atoms with van der Waals surface area (Å²) in [5, 5.41) is 9.74. The Morgan fingerprint density at radius 3 is 2.76 bits per heavy atom. The molecule has 7 nitrogen and oxygen atoms in total. The molecule has 2 aliphatic rings. The van der Waals surface area contributed by atoms with Crippen molar-refractivity contribution in [3.63, 3.8) is 0 Å². The summed E-state index contributed by atoms with van der Waals surface area (Å²) >= 11 is 0. The minimum atomic E-state index is -0.101. The van der Waals surface area contributed by atoms with E-state index in [0.717, 1.165) is 25.7 Å². The van der Waals surface area contributed by atoms with E-state index in [9.17, 15) is 9.59 Å². The molecule has 21 heavy (non-hydrogen) atoms. The van der Waals surface area contributed by atoms with Gasteiger partial charge in [0, 0.05) is 24.7 Å². The van der Waals surface area contributed by atoms with Crippen molar-refractivity contribution in [3.8, 4) is 0 Å². The molecule has 7 heteroatoms. The highest BCUT2D eigenvalue weighted by Gasteiger charge is 2.29. The molecule has 0 aromatic carbocycles. The number of anilines is 1. The first kappa shape index (κ1) is 14.1. The number of rotatable bonds is 7. The van der Waals surface area contributed by atoms with E-state index in [2.05, 4.69) is 15.7 Å². The average Bonchev–Trinajstić information content (AvgIpc) is 3.30. The lowest BCUT2D eigenvalue weighted by atomic mass is 10.1. The van der Waals surface area contributed by atoms with Crippen LogP contribution in [0.3, 0.4) is 0 Å². The van der Waals surface area contributed by atoms with Crippen molar-refractivity contribution in [3.05, 3.63) is 12.4 Å². The van der Waals surface area contributed by atoms with Gasteiger partial charge in [0.1, 0.15) is 6.54 Å². The summed E-state index contributed by atoms with van der Waals surface area (Å²) in [6.07, 6.45) is 7.92. The molecule has 3 rings (SSSR count). The molecule has 0 saturated heterocycles. The number of hydrogen-bond acceptors (Lipinski definition) is 4. The van der Waals surface area contributed by atoms with Crippen molar-refractivity contribution < 1.29 is 9.59 Å². The third-order valence-electron chi connectivity index (χ3n) is 3.81. The second kappa shape index (κ2) is 5.85. The van der Waals surface area contributed by atoms with E-state index >= 15 is 0 Å². The standard InChI is InChI=1S/C14H21N5O2/c15-12(9-1-2-9)5-13(20)18-11-6-16-19(7-11)8-14(21)17-10-3-4-10/h6-7,9-10,12H,1-5,8,15H2,(H,17,21)(H,18,20). The van der Waals surface area contributed by atoms with Gasteiger partial charge in [0.15, 0.2) is 0 Å². The van der Waals surface area contributed by atoms with E-state index in [1.807, 2.05) is 0 Å². The lowest BCUT2D eigenvalue weighted by molar-refractivity contribution is -0.122. The molecule has 1 aromatic heterocycles. The van der Waals surface area contributed by atoms with Crippen LogP contribution in [0.2, 0.25) is 0 Å². The normalized spacial score (nSPS) is 19.1. The lowest BCUT2D eigenvalue weighted by Crippen LogP contribution is -2.29. The van der Waals surface area contributed by atoms with Crippen LogP contribution in [0.25, 0.3) is 0 Å². The molecule has 2 fully saturated rings. The van der Waals surface area contributed by atoms with Crippen LogP contribution in [0.15, 0.2) is 12.4 Å². The highest BCUT2D eigenvalue weighted by molar-refractivity contribution is 5.90. The van der Waals surface area contributed by atoms with Gasteiger partial charge in [0.05, 0.1) is 11.9 Å². The monoisotopic (exact) mass is 291 g/mol.